The summed E-state index contributed by atoms with van der Waals surface area (Å²) in [5, 5.41) is 3.60. The number of nitrogens with one attached hydrogen (secondary N) is 1. The van der Waals surface area contributed by atoms with E-state index in [1.807, 2.05) is 18.0 Å². The normalized spacial score (nSPS) is 12.9. The maximum atomic E-state index is 4.51. The lowest BCUT2D eigenvalue weighted by Crippen LogP contribution is -2.27. The fourth-order valence-corrected chi connectivity index (χ4v) is 2.75. The average Bonchev–Trinajstić information content (AvgIpc) is 2.81. The number of aryl methyl sites for hydroxylation is 1. The van der Waals surface area contributed by atoms with Gasteiger partial charge < -0.3 is 9.88 Å². The molecule has 4 heteroatoms. The van der Waals surface area contributed by atoms with Crippen LogP contribution < -0.4 is 5.32 Å². The number of aromatic nitrogens is 2. The molecule has 0 aromatic carbocycles. The van der Waals surface area contributed by atoms with Crippen LogP contribution in [0, 0.1) is 0 Å². The number of rotatable bonds is 9. The molecular formula is C13H25N3S. The second-order valence-electron chi connectivity index (χ2n) is 4.15. The van der Waals surface area contributed by atoms with Gasteiger partial charge >= 0.3 is 0 Å². The lowest BCUT2D eigenvalue weighted by Gasteiger charge is -2.18. The molecule has 0 saturated carbocycles. The number of nitrogens with zero attached hydrogens (tertiary/aromatic N) is 2. The summed E-state index contributed by atoms with van der Waals surface area (Å²) in [5.74, 6) is 3.53. The van der Waals surface area contributed by atoms with E-state index in [-0.39, 0.29) is 0 Å². The van der Waals surface area contributed by atoms with Gasteiger partial charge in [-0.1, -0.05) is 13.8 Å². The first-order chi connectivity index (χ1) is 8.33. The molecule has 0 amide bonds. The summed E-state index contributed by atoms with van der Waals surface area (Å²) < 4.78 is 2.24. The fourth-order valence-electron chi connectivity index (χ4n) is 1.79. The number of hydrogen-bond acceptors (Lipinski definition) is 3. The minimum Gasteiger partial charge on any atom is -0.334 e. The minimum absolute atomic E-state index is 0.390. The summed E-state index contributed by atoms with van der Waals surface area (Å²) in [7, 11) is 0. The van der Waals surface area contributed by atoms with Crippen molar-refractivity contribution in [1.29, 1.82) is 0 Å². The first-order valence-corrected chi connectivity index (χ1v) is 7.81. The molecule has 0 aliphatic rings. The molecule has 1 unspecified atom stereocenters. The Labute approximate surface area is 109 Å². The summed E-state index contributed by atoms with van der Waals surface area (Å²) in [4.78, 5) is 4.51. The number of imidazole rings is 1. The highest BCUT2D eigenvalue weighted by molar-refractivity contribution is 7.99. The van der Waals surface area contributed by atoms with Gasteiger partial charge in [0.2, 0.25) is 0 Å². The van der Waals surface area contributed by atoms with E-state index in [1.165, 1.54) is 24.4 Å². The molecule has 1 atom stereocenters. The van der Waals surface area contributed by atoms with Gasteiger partial charge in [0.05, 0.1) is 6.04 Å². The van der Waals surface area contributed by atoms with Gasteiger partial charge in [-0.05, 0) is 32.1 Å². The van der Waals surface area contributed by atoms with Crippen LogP contribution in [0.25, 0.3) is 0 Å². The van der Waals surface area contributed by atoms with Crippen molar-refractivity contribution in [2.45, 2.75) is 46.2 Å². The van der Waals surface area contributed by atoms with Crippen molar-refractivity contribution in [3.63, 3.8) is 0 Å². The second kappa shape index (κ2) is 8.59. The fraction of sp³-hybridized carbons (Fsp3) is 0.769. The highest BCUT2D eigenvalue weighted by Crippen LogP contribution is 2.17. The highest BCUT2D eigenvalue weighted by Gasteiger charge is 2.15. The molecule has 0 bridgehead atoms. The molecule has 1 aromatic heterocycles. The maximum Gasteiger partial charge on any atom is 0.126 e. The summed E-state index contributed by atoms with van der Waals surface area (Å²) in [6, 6.07) is 0.390. The van der Waals surface area contributed by atoms with E-state index >= 15 is 0 Å². The van der Waals surface area contributed by atoms with Crippen LogP contribution in [0.1, 0.15) is 45.5 Å². The molecule has 0 aliphatic carbocycles. The molecule has 1 heterocycles. The summed E-state index contributed by atoms with van der Waals surface area (Å²) in [6.07, 6.45) is 6.39. The zero-order valence-corrected chi connectivity index (χ0v) is 12.1. The first-order valence-electron chi connectivity index (χ1n) is 6.65. The van der Waals surface area contributed by atoms with Crippen LogP contribution in [0.15, 0.2) is 12.4 Å². The van der Waals surface area contributed by atoms with E-state index in [2.05, 4.69) is 41.8 Å². The van der Waals surface area contributed by atoms with Crippen molar-refractivity contribution in [2.75, 3.05) is 18.1 Å². The van der Waals surface area contributed by atoms with Crippen molar-refractivity contribution < 1.29 is 0 Å². The largest absolute Gasteiger partial charge is 0.334 e. The second-order valence-corrected chi connectivity index (χ2v) is 5.30. The van der Waals surface area contributed by atoms with Crippen LogP contribution in [0.5, 0.6) is 0 Å². The van der Waals surface area contributed by atoms with Crippen molar-refractivity contribution in [3.8, 4) is 0 Å². The molecule has 3 nitrogen and oxygen atoms in total. The lowest BCUT2D eigenvalue weighted by atomic mass is 10.3. The van der Waals surface area contributed by atoms with E-state index in [1.54, 1.807) is 0 Å². The zero-order chi connectivity index (χ0) is 12.5. The third-order valence-corrected chi connectivity index (χ3v) is 3.94. The Morgan fingerprint density at radius 2 is 2.18 bits per heavy atom. The Bertz CT molecular complexity index is 299. The lowest BCUT2D eigenvalue weighted by molar-refractivity contribution is 0.523. The molecule has 17 heavy (non-hydrogen) atoms. The average molecular weight is 255 g/mol. The van der Waals surface area contributed by atoms with Crippen molar-refractivity contribution in [2.24, 2.45) is 0 Å². The Morgan fingerprint density at radius 1 is 1.35 bits per heavy atom. The van der Waals surface area contributed by atoms with Gasteiger partial charge in [0, 0.05) is 24.7 Å². The van der Waals surface area contributed by atoms with Crippen LogP contribution in [0.3, 0.4) is 0 Å². The molecule has 1 N–H and O–H groups in total. The molecule has 0 spiro atoms. The quantitative estimate of drug-likeness (QED) is 0.688. The van der Waals surface area contributed by atoms with E-state index in [9.17, 15) is 0 Å². The molecule has 0 aliphatic heterocycles. The monoisotopic (exact) mass is 255 g/mol. The zero-order valence-electron chi connectivity index (χ0n) is 11.3. The van der Waals surface area contributed by atoms with Crippen molar-refractivity contribution >= 4 is 11.8 Å². The predicted octanol–water partition coefficient (Wildman–Crippen LogP) is 3.09. The van der Waals surface area contributed by atoms with Gasteiger partial charge in [0.15, 0.2) is 0 Å². The number of hydrogen-bond donors (Lipinski definition) is 1. The van der Waals surface area contributed by atoms with Crippen LogP contribution in [-0.4, -0.2) is 27.6 Å². The van der Waals surface area contributed by atoms with Crippen LogP contribution in [0.2, 0.25) is 0 Å². The maximum absolute atomic E-state index is 4.51. The first kappa shape index (κ1) is 14.6. The van der Waals surface area contributed by atoms with Gasteiger partial charge in [0.1, 0.15) is 5.82 Å². The molecule has 0 saturated heterocycles. The van der Waals surface area contributed by atoms with E-state index in [4.69, 9.17) is 0 Å². The van der Waals surface area contributed by atoms with Gasteiger partial charge in [-0.2, -0.15) is 11.8 Å². The van der Waals surface area contributed by atoms with Gasteiger partial charge in [-0.3, -0.25) is 0 Å². The standard InChI is InChI=1S/C13H25N3S/c1-4-7-14-12(11-17-10-5-2)13-15-8-9-16(13)6-3/h8-9,12,14H,4-7,10-11H2,1-3H3. The van der Waals surface area contributed by atoms with Crippen LogP contribution in [-0.2, 0) is 6.54 Å². The van der Waals surface area contributed by atoms with E-state index in [0.29, 0.717) is 6.04 Å². The molecule has 0 fully saturated rings. The van der Waals surface area contributed by atoms with Gasteiger partial charge in [0.25, 0.3) is 0 Å². The Morgan fingerprint density at radius 3 is 2.82 bits per heavy atom. The van der Waals surface area contributed by atoms with Gasteiger partial charge in [-0.15, -0.1) is 0 Å². The molecule has 0 radical (unpaired) electrons. The van der Waals surface area contributed by atoms with Crippen molar-refractivity contribution in [3.05, 3.63) is 18.2 Å². The molecular weight excluding hydrogens is 230 g/mol. The third-order valence-electron chi connectivity index (χ3n) is 2.67. The number of thioether (sulfide) groups is 1. The van der Waals surface area contributed by atoms with E-state index < -0.39 is 0 Å². The van der Waals surface area contributed by atoms with E-state index in [0.717, 1.165) is 18.8 Å². The smallest absolute Gasteiger partial charge is 0.126 e. The topological polar surface area (TPSA) is 29.9 Å². The Kier molecular flexibility index (Phi) is 7.37. The molecule has 1 rings (SSSR count). The molecule has 98 valence electrons. The summed E-state index contributed by atoms with van der Waals surface area (Å²) in [6.45, 7) is 8.66. The SMILES string of the molecule is CCCNC(CSCCC)c1nccn1CC. The minimum atomic E-state index is 0.390. The predicted molar refractivity (Wildman–Crippen MR) is 76.6 cm³/mol. The van der Waals surface area contributed by atoms with Gasteiger partial charge in [-0.25, -0.2) is 4.98 Å². The van der Waals surface area contributed by atoms with Crippen LogP contribution >= 0.6 is 11.8 Å². The van der Waals surface area contributed by atoms with Crippen LogP contribution in [0.4, 0.5) is 0 Å². The molecule has 1 aromatic rings. The summed E-state index contributed by atoms with van der Waals surface area (Å²) in [5.41, 5.74) is 0. The highest BCUT2D eigenvalue weighted by atomic mass is 32.2. The van der Waals surface area contributed by atoms with Crippen molar-refractivity contribution in [1.82, 2.24) is 14.9 Å². The summed E-state index contributed by atoms with van der Waals surface area (Å²) >= 11 is 2.01. The Hall–Kier alpha value is -0.480. The Balaban J connectivity index is 2.60. The third kappa shape index (κ3) is 4.72.